The maximum Gasteiger partial charge on any atom is 0.133 e. The lowest BCUT2D eigenvalue weighted by atomic mass is 10.2. The summed E-state index contributed by atoms with van der Waals surface area (Å²) in [5.41, 5.74) is 1.12. The van der Waals surface area contributed by atoms with E-state index in [1.807, 2.05) is 13.0 Å². The Morgan fingerprint density at radius 2 is 2.33 bits per heavy atom. The molecule has 0 aliphatic heterocycles. The molecule has 1 nitrogen and oxygen atoms in total. The van der Waals surface area contributed by atoms with Gasteiger partial charge in [0.15, 0.2) is 0 Å². The van der Waals surface area contributed by atoms with Gasteiger partial charge in [0.05, 0.1) is 0 Å². The second-order valence-electron chi connectivity index (χ2n) is 2.69. The zero-order chi connectivity index (χ0) is 8.97. The summed E-state index contributed by atoms with van der Waals surface area (Å²) in [6, 6.07) is 2.02. The number of allylic oxidation sites excluding steroid dienone is 1. The van der Waals surface area contributed by atoms with Crippen LogP contribution in [0.2, 0.25) is 0 Å². The molecule has 0 atom stereocenters. The van der Waals surface area contributed by atoms with Gasteiger partial charge >= 0.3 is 0 Å². The van der Waals surface area contributed by atoms with Gasteiger partial charge < -0.3 is 4.42 Å². The maximum absolute atomic E-state index is 5.39. The smallest absolute Gasteiger partial charge is 0.133 e. The second-order valence-corrected chi connectivity index (χ2v) is 2.69. The fourth-order valence-corrected chi connectivity index (χ4v) is 1.09. The third-order valence-electron chi connectivity index (χ3n) is 1.63. The summed E-state index contributed by atoms with van der Waals surface area (Å²) >= 11 is 0. The first-order valence-corrected chi connectivity index (χ1v) is 4.17. The van der Waals surface area contributed by atoms with Crippen LogP contribution in [0.5, 0.6) is 0 Å². The average Bonchev–Trinajstić information content (AvgIpc) is 2.42. The number of hydrogen-bond donors (Lipinski definition) is 0. The van der Waals surface area contributed by atoms with Gasteiger partial charge in [-0.2, -0.15) is 0 Å². The van der Waals surface area contributed by atoms with E-state index in [-0.39, 0.29) is 0 Å². The fourth-order valence-electron chi connectivity index (χ4n) is 1.09. The van der Waals surface area contributed by atoms with Crippen molar-refractivity contribution < 1.29 is 4.42 Å². The van der Waals surface area contributed by atoms with Crippen molar-refractivity contribution >= 4 is 12.2 Å². The molecule has 12 heavy (non-hydrogen) atoms. The molecule has 0 saturated carbocycles. The van der Waals surface area contributed by atoms with Crippen molar-refractivity contribution in [3.63, 3.8) is 0 Å². The zero-order valence-corrected chi connectivity index (χ0v) is 7.63. The van der Waals surface area contributed by atoms with Crippen LogP contribution in [0.25, 0.3) is 12.2 Å². The summed E-state index contributed by atoms with van der Waals surface area (Å²) in [7, 11) is 0. The molecule has 1 heteroatoms. The minimum absolute atomic E-state index is 0.859. The van der Waals surface area contributed by atoms with E-state index >= 15 is 0 Å². The molecule has 0 saturated heterocycles. The van der Waals surface area contributed by atoms with Crippen LogP contribution in [0.4, 0.5) is 0 Å². The van der Waals surface area contributed by atoms with Crippen molar-refractivity contribution in [2.24, 2.45) is 0 Å². The van der Waals surface area contributed by atoms with Crippen molar-refractivity contribution in [1.29, 1.82) is 0 Å². The minimum atomic E-state index is 0.859. The predicted molar refractivity (Wildman–Crippen MR) is 52.9 cm³/mol. The molecule has 1 rings (SSSR count). The van der Waals surface area contributed by atoms with Crippen LogP contribution in [0.3, 0.4) is 0 Å². The Balaban J connectivity index is 2.96. The summed E-state index contributed by atoms with van der Waals surface area (Å²) in [6.07, 6.45) is 6.95. The standard InChI is InChI=1S/C11H14O/c1-4-6-7-10-8-9(3)12-11(10)5-2/h5-8H,2,4H2,1,3H3/b7-6-. The van der Waals surface area contributed by atoms with Crippen molar-refractivity contribution in [3.8, 4) is 0 Å². The molecule has 0 radical (unpaired) electrons. The van der Waals surface area contributed by atoms with Gasteiger partial charge in [0.25, 0.3) is 0 Å². The molecule has 64 valence electrons. The van der Waals surface area contributed by atoms with E-state index in [1.165, 1.54) is 0 Å². The molecule has 0 aromatic carbocycles. The lowest BCUT2D eigenvalue weighted by molar-refractivity contribution is 0.524. The van der Waals surface area contributed by atoms with Crippen molar-refractivity contribution in [2.45, 2.75) is 20.3 Å². The molecular formula is C11H14O. The Kier molecular flexibility index (Phi) is 2.92. The summed E-state index contributed by atoms with van der Waals surface area (Å²) in [5.74, 6) is 1.79. The first-order chi connectivity index (χ1) is 5.77. The van der Waals surface area contributed by atoms with Gasteiger partial charge in [-0.15, -0.1) is 0 Å². The van der Waals surface area contributed by atoms with Crippen LogP contribution < -0.4 is 0 Å². The van der Waals surface area contributed by atoms with Crippen molar-refractivity contribution in [1.82, 2.24) is 0 Å². The van der Waals surface area contributed by atoms with Gasteiger partial charge in [-0.05, 0) is 25.5 Å². The Labute approximate surface area is 73.4 Å². The molecule has 0 amide bonds. The van der Waals surface area contributed by atoms with Crippen LogP contribution in [0.15, 0.2) is 23.1 Å². The number of furan rings is 1. The normalized spacial score (nSPS) is 10.8. The van der Waals surface area contributed by atoms with Crippen LogP contribution in [-0.4, -0.2) is 0 Å². The number of hydrogen-bond acceptors (Lipinski definition) is 1. The van der Waals surface area contributed by atoms with Crippen molar-refractivity contribution in [3.05, 3.63) is 35.8 Å². The molecule has 0 spiro atoms. The highest BCUT2D eigenvalue weighted by Crippen LogP contribution is 2.17. The largest absolute Gasteiger partial charge is 0.461 e. The Hall–Kier alpha value is -1.24. The Morgan fingerprint density at radius 3 is 2.92 bits per heavy atom. The highest BCUT2D eigenvalue weighted by Gasteiger charge is 2.00. The maximum atomic E-state index is 5.39. The van der Waals surface area contributed by atoms with E-state index < -0.39 is 0 Å². The molecule has 0 unspecified atom stereocenters. The molecule has 0 bridgehead atoms. The SMILES string of the molecule is C=Cc1oc(C)cc1/C=C\CC. The lowest BCUT2D eigenvalue weighted by Gasteiger charge is -1.87. The van der Waals surface area contributed by atoms with Crippen molar-refractivity contribution in [2.75, 3.05) is 0 Å². The lowest BCUT2D eigenvalue weighted by Crippen LogP contribution is -1.68. The van der Waals surface area contributed by atoms with Gasteiger partial charge in [-0.1, -0.05) is 25.7 Å². The molecule has 0 N–H and O–H groups in total. The first kappa shape index (κ1) is 8.85. The van der Waals surface area contributed by atoms with Gasteiger partial charge in [0.1, 0.15) is 11.5 Å². The van der Waals surface area contributed by atoms with E-state index in [0.717, 1.165) is 23.5 Å². The van der Waals surface area contributed by atoms with Crippen LogP contribution in [0, 0.1) is 6.92 Å². The number of rotatable bonds is 3. The average molecular weight is 162 g/mol. The van der Waals surface area contributed by atoms with Crippen LogP contribution in [0.1, 0.15) is 30.4 Å². The third-order valence-corrected chi connectivity index (χ3v) is 1.63. The van der Waals surface area contributed by atoms with E-state index in [9.17, 15) is 0 Å². The third kappa shape index (κ3) is 1.88. The van der Waals surface area contributed by atoms with Gasteiger partial charge in [-0.25, -0.2) is 0 Å². The summed E-state index contributed by atoms with van der Waals surface area (Å²) in [6.45, 7) is 7.73. The van der Waals surface area contributed by atoms with E-state index in [2.05, 4.69) is 25.7 Å². The molecule has 0 aliphatic carbocycles. The quantitative estimate of drug-likeness (QED) is 0.661. The topological polar surface area (TPSA) is 13.1 Å². The second kappa shape index (κ2) is 3.96. The monoisotopic (exact) mass is 162 g/mol. The summed E-state index contributed by atoms with van der Waals surface area (Å²) in [5, 5.41) is 0. The van der Waals surface area contributed by atoms with Crippen LogP contribution >= 0.6 is 0 Å². The van der Waals surface area contributed by atoms with E-state index in [4.69, 9.17) is 4.42 Å². The first-order valence-electron chi connectivity index (χ1n) is 4.17. The Bertz CT molecular complexity index is 292. The van der Waals surface area contributed by atoms with E-state index in [1.54, 1.807) is 6.08 Å². The minimum Gasteiger partial charge on any atom is -0.461 e. The van der Waals surface area contributed by atoms with Gasteiger partial charge in [0.2, 0.25) is 0 Å². The Morgan fingerprint density at radius 1 is 1.58 bits per heavy atom. The predicted octanol–water partition coefficient (Wildman–Crippen LogP) is 3.65. The molecule has 1 aromatic heterocycles. The summed E-state index contributed by atoms with van der Waals surface area (Å²) in [4.78, 5) is 0. The molecule has 1 heterocycles. The molecule has 1 aromatic rings. The fraction of sp³-hybridized carbons (Fsp3) is 0.273. The zero-order valence-electron chi connectivity index (χ0n) is 7.63. The van der Waals surface area contributed by atoms with Gasteiger partial charge in [-0.3, -0.25) is 0 Å². The number of aryl methyl sites for hydroxylation is 1. The van der Waals surface area contributed by atoms with Crippen LogP contribution in [-0.2, 0) is 0 Å². The summed E-state index contributed by atoms with van der Waals surface area (Å²) < 4.78 is 5.39. The molecule has 0 fully saturated rings. The molecule has 0 aliphatic rings. The van der Waals surface area contributed by atoms with E-state index in [0.29, 0.717) is 0 Å². The highest BCUT2D eigenvalue weighted by molar-refractivity contribution is 5.61. The van der Waals surface area contributed by atoms with Gasteiger partial charge in [0, 0.05) is 5.56 Å². The molecular weight excluding hydrogens is 148 g/mol. The highest BCUT2D eigenvalue weighted by atomic mass is 16.3.